The van der Waals surface area contributed by atoms with Crippen LogP contribution in [0.15, 0.2) is 90.5 Å². The Balaban J connectivity index is 1.45. The molecule has 4 aromatic carbocycles. The van der Waals surface area contributed by atoms with Gasteiger partial charge in [0.25, 0.3) is 5.91 Å². The molecule has 0 spiro atoms. The van der Waals surface area contributed by atoms with Crippen LogP contribution in [0.25, 0.3) is 6.08 Å². The molecule has 0 aliphatic rings. The van der Waals surface area contributed by atoms with Gasteiger partial charge in [0.2, 0.25) is 0 Å². The van der Waals surface area contributed by atoms with E-state index in [9.17, 15) is 10.1 Å². The van der Waals surface area contributed by atoms with Crippen molar-refractivity contribution in [3.8, 4) is 23.3 Å². The molecule has 0 aromatic heterocycles. The van der Waals surface area contributed by atoms with E-state index >= 15 is 0 Å². The molecule has 41 heavy (non-hydrogen) atoms. The normalized spacial score (nSPS) is 11.0. The first kappa shape index (κ1) is 29.7. The summed E-state index contributed by atoms with van der Waals surface area (Å²) in [6, 6.07) is 28.9. The Kier molecular flexibility index (Phi) is 10.4. The fourth-order valence-corrected chi connectivity index (χ4v) is 5.05. The summed E-state index contributed by atoms with van der Waals surface area (Å²) in [5.41, 5.74) is 5.69. The molecule has 0 unspecified atom stereocenters. The number of rotatable bonds is 11. The Morgan fingerprint density at radius 2 is 1.56 bits per heavy atom. The van der Waals surface area contributed by atoms with Crippen LogP contribution in [0.4, 0.5) is 5.69 Å². The Morgan fingerprint density at radius 1 is 0.878 bits per heavy atom. The molecule has 0 atom stereocenters. The lowest BCUT2D eigenvalue weighted by Gasteiger charge is -2.15. The number of amides is 1. The van der Waals surface area contributed by atoms with Crippen LogP contribution in [0.2, 0.25) is 0 Å². The standard InChI is InChI=1S/C34H31IN2O4/c1-4-39-32-19-26(18-31(35)33(32)41-22-27-15-23(2)14-24(3)16-27)17-28(20-36)34(38)37-29-10-12-30(13-11-29)40-21-25-8-6-5-7-9-25/h5-19H,4,21-22H2,1-3H3,(H,37,38)/b28-17+. The van der Waals surface area contributed by atoms with Crippen LogP contribution < -0.4 is 19.5 Å². The predicted octanol–water partition coefficient (Wildman–Crippen LogP) is 8.01. The lowest BCUT2D eigenvalue weighted by Crippen LogP contribution is -2.13. The molecule has 4 aromatic rings. The van der Waals surface area contributed by atoms with Crippen molar-refractivity contribution >= 4 is 40.3 Å². The summed E-state index contributed by atoms with van der Waals surface area (Å²) < 4.78 is 18.7. The molecular weight excluding hydrogens is 627 g/mol. The van der Waals surface area contributed by atoms with Crippen molar-refractivity contribution in [1.82, 2.24) is 0 Å². The van der Waals surface area contributed by atoms with Crippen molar-refractivity contribution in [2.24, 2.45) is 0 Å². The number of carbonyl (C=O) groups is 1. The van der Waals surface area contributed by atoms with Gasteiger partial charge in [-0.15, -0.1) is 0 Å². The van der Waals surface area contributed by atoms with E-state index in [1.54, 1.807) is 36.4 Å². The second-order valence-electron chi connectivity index (χ2n) is 9.47. The van der Waals surface area contributed by atoms with Crippen molar-refractivity contribution < 1.29 is 19.0 Å². The number of benzene rings is 4. The highest BCUT2D eigenvalue weighted by atomic mass is 127. The zero-order valence-corrected chi connectivity index (χ0v) is 25.4. The third kappa shape index (κ3) is 8.60. The molecule has 1 amide bonds. The van der Waals surface area contributed by atoms with Crippen LogP contribution in [-0.4, -0.2) is 12.5 Å². The van der Waals surface area contributed by atoms with Gasteiger partial charge < -0.3 is 19.5 Å². The number of hydrogen-bond donors (Lipinski definition) is 1. The summed E-state index contributed by atoms with van der Waals surface area (Å²) in [5, 5.41) is 12.5. The summed E-state index contributed by atoms with van der Waals surface area (Å²) in [6.07, 6.45) is 1.55. The van der Waals surface area contributed by atoms with Gasteiger partial charge in [0, 0.05) is 5.69 Å². The zero-order chi connectivity index (χ0) is 29.2. The fraction of sp³-hybridized carbons (Fsp3) is 0.176. The van der Waals surface area contributed by atoms with E-state index < -0.39 is 5.91 Å². The first-order chi connectivity index (χ1) is 19.8. The molecule has 4 rings (SSSR count). The van der Waals surface area contributed by atoms with Gasteiger partial charge in [0.15, 0.2) is 11.5 Å². The lowest BCUT2D eigenvalue weighted by atomic mass is 10.1. The van der Waals surface area contributed by atoms with Gasteiger partial charge in [-0.2, -0.15) is 5.26 Å². The molecule has 0 heterocycles. The average Bonchev–Trinajstić information content (AvgIpc) is 2.95. The molecule has 0 saturated heterocycles. The third-order valence-electron chi connectivity index (χ3n) is 6.03. The van der Waals surface area contributed by atoms with E-state index in [4.69, 9.17) is 14.2 Å². The van der Waals surface area contributed by atoms with Crippen LogP contribution >= 0.6 is 22.6 Å². The Bertz CT molecular complexity index is 1560. The largest absolute Gasteiger partial charge is 0.490 e. The minimum absolute atomic E-state index is 0.0310. The third-order valence-corrected chi connectivity index (χ3v) is 6.83. The molecule has 0 aliphatic carbocycles. The maximum Gasteiger partial charge on any atom is 0.266 e. The predicted molar refractivity (Wildman–Crippen MR) is 170 cm³/mol. The van der Waals surface area contributed by atoms with Crippen molar-refractivity contribution in [1.29, 1.82) is 5.26 Å². The smallest absolute Gasteiger partial charge is 0.266 e. The molecule has 6 nitrogen and oxygen atoms in total. The molecule has 0 aliphatic heterocycles. The number of nitrogens with one attached hydrogen (secondary N) is 1. The van der Waals surface area contributed by atoms with Crippen LogP contribution in [0, 0.1) is 28.7 Å². The summed E-state index contributed by atoms with van der Waals surface area (Å²) in [5.74, 6) is 1.36. The quantitative estimate of drug-likeness (QED) is 0.100. The molecule has 208 valence electrons. The second-order valence-corrected chi connectivity index (χ2v) is 10.6. The van der Waals surface area contributed by atoms with Crippen molar-refractivity contribution in [3.05, 3.63) is 122 Å². The number of ether oxygens (including phenoxy) is 3. The van der Waals surface area contributed by atoms with Crippen LogP contribution in [-0.2, 0) is 18.0 Å². The maximum atomic E-state index is 12.9. The van der Waals surface area contributed by atoms with E-state index in [2.05, 4.69) is 60.0 Å². The zero-order valence-electron chi connectivity index (χ0n) is 23.2. The Labute approximate surface area is 254 Å². The van der Waals surface area contributed by atoms with Crippen LogP contribution in [0.1, 0.15) is 34.7 Å². The highest BCUT2D eigenvalue weighted by Crippen LogP contribution is 2.35. The molecule has 0 fully saturated rings. The van der Waals surface area contributed by atoms with E-state index in [1.165, 1.54) is 11.1 Å². The summed E-state index contributed by atoms with van der Waals surface area (Å²) >= 11 is 2.19. The van der Waals surface area contributed by atoms with Gasteiger partial charge in [-0.3, -0.25) is 4.79 Å². The van der Waals surface area contributed by atoms with Gasteiger partial charge in [-0.05, 0) is 103 Å². The second kappa shape index (κ2) is 14.4. The molecule has 1 N–H and O–H groups in total. The first-order valence-corrected chi connectivity index (χ1v) is 14.3. The first-order valence-electron chi connectivity index (χ1n) is 13.2. The molecule has 0 bridgehead atoms. The summed E-state index contributed by atoms with van der Waals surface area (Å²) in [7, 11) is 0. The molecule has 7 heteroatoms. The topological polar surface area (TPSA) is 80.6 Å². The lowest BCUT2D eigenvalue weighted by molar-refractivity contribution is -0.112. The van der Waals surface area contributed by atoms with Crippen molar-refractivity contribution in [3.63, 3.8) is 0 Å². The van der Waals surface area contributed by atoms with E-state index in [0.29, 0.717) is 48.3 Å². The average molecular weight is 659 g/mol. The molecular formula is C34H31IN2O4. The van der Waals surface area contributed by atoms with Gasteiger partial charge >= 0.3 is 0 Å². The number of halogens is 1. The van der Waals surface area contributed by atoms with E-state index in [-0.39, 0.29) is 5.57 Å². The van der Waals surface area contributed by atoms with Crippen LogP contribution in [0.3, 0.4) is 0 Å². The van der Waals surface area contributed by atoms with Gasteiger partial charge in [-0.25, -0.2) is 0 Å². The number of hydrogen-bond acceptors (Lipinski definition) is 5. The number of aryl methyl sites for hydroxylation is 2. The van der Waals surface area contributed by atoms with E-state index in [1.807, 2.05) is 49.4 Å². The Morgan fingerprint density at radius 3 is 2.22 bits per heavy atom. The van der Waals surface area contributed by atoms with Gasteiger partial charge in [0.1, 0.15) is 30.6 Å². The van der Waals surface area contributed by atoms with Gasteiger partial charge in [-0.1, -0.05) is 59.7 Å². The molecule has 0 saturated carbocycles. The number of nitriles is 1. The fourth-order valence-electron chi connectivity index (χ4n) is 4.27. The monoisotopic (exact) mass is 658 g/mol. The van der Waals surface area contributed by atoms with Crippen molar-refractivity contribution in [2.45, 2.75) is 34.0 Å². The molecule has 0 radical (unpaired) electrons. The minimum atomic E-state index is -0.506. The number of carbonyl (C=O) groups excluding carboxylic acids is 1. The highest BCUT2D eigenvalue weighted by Gasteiger charge is 2.15. The number of nitrogens with zero attached hydrogens (tertiary/aromatic N) is 1. The number of anilines is 1. The SMILES string of the molecule is CCOc1cc(/C=C(\C#N)C(=O)Nc2ccc(OCc3ccccc3)cc2)cc(I)c1OCc1cc(C)cc(C)c1. The van der Waals surface area contributed by atoms with Gasteiger partial charge in [0.05, 0.1) is 10.2 Å². The van der Waals surface area contributed by atoms with E-state index in [0.717, 1.165) is 14.7 Å². The summed E-state index contributed by atoms with van der Waals surface area (Å²) in [6.45, 7) is 7.32. The Hall–Kier alpha value is -4.29. The minimum Gasteiger partial charge on any atom is -0.490 e. The summed E-state index contributed by atoms with van der Waals surface area (Å²) in [4.78, 5) is 12.9. The van der Waals surface area contributed by atoms with Crippen molar-refractivity contribution in [2.75, 3.05) is 11.9 Å². The highest BCUT2D eigenvalue weighted by molar-refractivity contribution is 14.1. The van der Waals surface area contributed by atoms with Crippen LogP contribution in [0.5, 0.6) is 17.2 Å². The maximum absolute atomic E-state index is 12.9.